The summed E-state index contributed by atoms with van der Waals surface area (Å²) in [5, 5.41) is 3.70. The van der Waals surface area contributed by atoms with Crippen LogP contribution in [0.4, 0.5) is 5.69 Å². The topological polar surface area (TPSA) is 103 Å². The molecule has 4 heterocycles. The highest BCUT2D eigenvalue weighted by atomic mass is 32.2. The summed E-state index contributed by atoms with van der Waals surface area (Å²) in [6, 6.07) is 3.91. The van der Waals surface area contributed by atoms with Crippen LogP contribution in [-0.2, 0) is 22.9 Å². The van der Waals surface area contributed by atoms with Gasteiger partial charge in [0.15, 0.2) is 5.82 Å². The molecule has 28 heavy (non-hydrogen) atoms. The van der Waals surface area contributed by atoms with Crippen molar-refractivity contribution in [1.29, 1.82) is 0 Å². The van der Waals surface area contributed by atoms with Crippen LogP contribution in [0.5, 0.6) is 0 Å². The molecule has 0 bridgehead atoms. The molecule has 1 fully saturated rings. The van der Waals surface area contributed by atoms with Gasteiger partial charge in [0, 0.05) is 30.4 Å². The van der Waals surface area contributed by atoms with E-state index in [0.717, 1.165) is 33.3 Å². The molecular formula is C19H18N6O2S. The smallest absolute Gasteiger partial charge is 0.256 e. The Kier molecular flexibility index (Phi) is 3.87. The highest BCUT2D eigenvalue weighted by molar-refractivity contribution is 7.90. The van der Waals surface area contributed by atoms with E-state index in [2.05, 4.69) is 31.1 Å². The minimum atomic E-state index is -3.39. The number of aromatic nitrogens is 5. The van der Waals surface area contributed by atoms with Gasteiger partial charge in [0.05, 0.1) is 40.8 Å². The summed E-state index contributed by atoms with van der Waals surface area (Å²) < 4.78 is 25.7. The van der Waals surface area contributed by atoms with E-state index >= 15 is 0 Å². The number of pyridine rings is 1. The van der Waals surface area contributed by atoms with Gasteiger partial charge in [-0.2, -0.15) is 9.19 Å². The number of hydrogen-bond acceptors (Lipinski definition) is 7. The summed E-state index contributed by atoms with van der Waals surface area (Å²) in [4.78, 5) is 17.8. The zero-order chi connectivity index (χ0) is 19.3. The van der Waals surface area contributed by atoms with Crippen LogP contribution in [-0.4, -0.2) is 43.5 Å². The van der Waals surface area contributed by atoms with Gasteiger partial charge in [-0.3, -0.25) is 9.98 Å². The normalized spacial score (nSPS) is 16.1. The molecule has 1 aliphatic carbocycles. The van der Waals surface area contributed by atoms with Crippen molar-refractivity contribution in [2.75, 3.05) is 0 Å². The predicted octanol–water partition coefficient (Wildman–Crippen LogP) is 2.31. The first-order valence-corrected chi connectivity index (χ1v) is 10.6. The van der Waals surface area contributed by atoms with Crippen molar-refractivity contribution in [3.8, 4) is 11.4 Å². The summed E-state index contributed by atoms with van der Waals surface area (Å²) >= 11 is 0. The van der Waals surface area contributed by atoms with Crippen LogP contribution in [0, 0.1) is 0 Å². The molecule has 0 unspecified atom stereocenters. The summed E-state index contributed by atoms with van der Waals surface area (Å²) in [5.41, 5.74) is 5.52. The van der Waals surface area contributed by atoms with E-state index < -0.39 is 10.0 Å². The molecule has 0 spiro atoms. The number of nitrogens with zero attached hydrogens (tertiary/aromatic N) is 6. The highest BCUT2D eigenvalue weighted by Crippen LogP contribution is 2.30. The van der Waals surface area contributed by atoms with Gasteiger partial charge in [-0.05, 0) is 37.5 Å². The Hall–Kier alpha value is -2.94. The van der Waals surface area contributed by atoms with Gasteiger partial charge >= 0.3 is 0 Å². The van der Waals surface area contributed by atoms with Crippen molar-refractivity contribution in [2.24, 2.45) is 4.99 Å². The molecule has 0 N–H and O–H groups in total. The second-order valence-corrected chi connectivity index (χ2v) is 9.29. The van der Waals surface area contributed by atoms with Gasteiger partial charge in [-0.1, -0.05) is 0 Å². The van der Waals surface area contributed by atoms with E-state index in [0.29, 0.717) is 30.7 Å². The molecule has 2 aliphatic rings. The molecule has 0 atom stereocenters. The van der Waals surface area contributed by atoms with Gasteiger partial charge in [-0.25, -0.2) is 18.4 Å². The Labute approximate surface area is 162 Å². The van der Waals surface area contributed by atoms with E-state index in [4.69, 9.17) is 0 Å². The lowest BCUT2D eigenvalue weighted by atomic mass is 10.1. The first-order chi connectivity index (χ1) is 13.5. The molecule has 0 radical (unpaired) electrons. The quantitative estimate of drug-likeness (QED) is 0.658. The lowest BCUT2D eigenvalue weighted by Crippen LogP contribution is -2.17. The van der Waals surface area contributed by atoms with E-state index in [9.17, 15) is 8.42 Å². The van der Waals surface area contributed by atoms with E-state index in [1.54, 1.807) is 12.4 Å². The van der Waals surface area contributed by atoms with Crippen LogP contribution in [0.15, 0.2) is 41.9 Å². The number of aliphatic imine (C=N–C) groups is 1. The molecule has 9 heteroatoms. The third kappa shape index (κ3) is 3.11. The van der Waals surface area contributed by atoms with E-state index in [1.807, 2.05) is 13.0 Å². The Morgan fingerprint density at radius 1 is 1.18 bits per heavy atom. The first kappa shape index (κ1) is 17.2. The average molecular weight is 394 g/mol. The average Bonchev–Trinajstić information content (AvgIpc) is 3.30. The van der Waals surface area contributed by atoms with Gasteiger partial charge in [0.1, 0.15) is 0 Å². The largest absolute Gasteiger partial charge is 0.259 e. The molecular weight excluding hydrogens is 376 g/mol. The fourth-order valence-corrected chi connectivity index (χ4v) is 4.77. The Morgan fingerprint density at radius 2 is 2.04 bits per heavy atom. The lowest BCUT2D eigenvalue weighted by Gasteiger charge is -2.04. The zero-order valence-corrected chi connectivity index (χ0v) is 16.1. The third-order valence-corrected chi connectivity index (χ3v) is 6.92. The molecule has 1 aliphatic heterocycles. The van der Waals surface area contributed by atoms with Crippen molar-refractivity contribution >= 4 is 21.4 Å². The van der Waals surface area contributed by atoms with Crippen LogP contribution >= 0.6 is 0 Å². The van der Waals surface area contributed by atoms with Gasteiger partial charge in [0.25, 0.3) is 10.0 Å². The first-order valence-electron chi connectivity index (χ1n) is 9.12. The molecule has 0 aromatic carbocycles. The van der Waals surface area contributed by atoms with Crippen LogP contribution in [0.2, 0.25) is 0 Å². The number of rotatable bonds is 5. The lowest BCUT2D eigenvalue weighted by molar-refractivity contribution is 0.578. The van der Waals surface area contributed by atoms with E-state index in [-0.39, 0.29) is 5.25 Å². The zero-order valence-electron chi connectivity index (χ0n) is 15.3. The fraction of sp³-hybridized carbons (Fsp3) is 0.316. The molecule has 142 valence electrons. The molecule has 5 rings (SSSR count). The molecule has 1 saturated carbocycles. The maximum absolute atomic E-state index is 12.3. The third-order valence-electron chi connectivity index (χ3n) is 4.88. The second kappa shape index (κ2) is 6.30. The minimum Gasteiger partial charge on any atom is -0.259 e. The monoisotopic (exact) mass is 394 g/mol. The van der Waals surface area contributed by atoms with Crippen molar-refractivity contribution in [2.45, 2.75) is 37.9 Å². The van der Waals surface area contributed by atoms with Gasteiger partial charge < -0.3 is 0 Å². The highest BCUT2D eigenvalue weighted by Gasteiger charge is 2.37. The maximum Gasteiger partial charge on any atom is 0.256 e. The van der Waals surface area contributed by atoms with Gasteiger partial charge in [0.2, 0.25) is 0 Å². The molecule has 8 nitrogen and oxygen atoms in total. The van der Waals surface area contributed by atoms with Crippen LogP contribution in [0.25, 0.3) is 11.4 Å². The fourth-order valence-electron chi connectivity index (χ4n) is 3.30. The maximum atomic E-state index is 12.3. The van der Waals surface area contributed by atoms with Gasteiger partial charge in [-0.15, -0.1) is 0 Å². The van der Waals surface area contributed by atoms with Crippen molar-refractivity contribution < 1.29 is 8.42 Å². The number of fused-ring (bicyclic) bond motifs is 1. The standard InChI is InChI=1S/C19H18N6O2S/c1-12-6-13-7-16(21-10-18(13)23-12)8-15-4-5-20-19(24-15)14-9-22-25(11-14)28(26,27)17-2-3-17/h4-5,7,9-11,17H,2-3,6,8H2,1H3. The van der Waals surface area contributed by atoms with Crippen molar-refractivity contribution in [3.63, 3.8) is 0 Å². The molecule has 3 aromatic rings. The van der Waals surface area contributed by atoms with E-state index in [1.165, 1.54) is 18.0 Å². The van der Waals surface area contributed by atoms with Crippen LogP contribution in [0.1, 0.15) is 36.7 Å². The molecule has 3 aromatic heterocycles. The Morgan fingerprint density at radius 3 is 2.86 bits per heavy atom. The Balaban J connectivity index is 1.39. The summed E-state index contributed by atoms with van der Waals surface area (Å²) in [6.45, 7) is 2.01. The molecule has 0 saturated heterocycles. The minimum absolute atomic E-state index is 0.314. The van der Waals surface area contributed by atoms with Crippen LogP contribution in [0.3, 0.4) is 0 Å². The van der Waals surface area contributed by atoms with Crippen molar-refractivity contribution in [3.05, 3.63) is 53.9 Å². The second-order valence-electron chi connectivity index (χ2n) is 7.22. The number of hydrogen-bond donors (Lipinski definition) is 0. The van der Waals surface area contributed by atoms with Crippen molar-refractivity contribution in [1.82, 2.24) is 24.1 Å². The Bertz CT molecular complexity index is 1210. The summed E-state index contributed by atoms with van der Waals surface area (Å²) in [6.07, 6.45) is 9.27. The molecule has 0 amide bonds. The SMILES string of the molecule is CC1=Nc2cnc(Cc3ccnc(-c4cnn(S(=O)(=O)C5CC5)c4)n3)cc2C1. The summed E-state index contributed by atoms with van der Waals surface area (Å²) in [5.74, 6) is 0.454. The van der Waals surface area contributed by atoms with Crippen LogP contribution < -0.4 is 0 Å². The summed E-state index contributed by atoms with van der Waals surface area (Å²) in [7, 11) is -3.39. The predicted molar refractivity (Wildman–Crippen MR) is 104 cm³/mol.